The minimum absolute atomic E-state index is 0.0251. The van der Waals surface area contributed by atoms with Gasteiger partial charge >= 0.3 is 0 Å². The van der Waals surface area contributed by atoms with Gasteiger partial charge in [0.2, 0.25) is 0 Å². The van der Waals surface area contributed by atoms with Gasteiger partial charge in [0.1, 0.15) is 0 Å². The van der Waals surface area contributed by atoms with Crippen molar-refractivity contribution in [3.05, 3.63) is 0 Å². The molecule has 1 saturated carbocycles. The quantitative estimate of drug-likeness (QED) is 0.574. The lowest BCUT2D eigenvalue weighted by molar-refractivity contribution is -0.0451. The number of aliphatic hydroxyl groups excluding tert-OH is 1. The summed E-state index contributed by atoms with van der Waals surface area (Å²) in [5, 5.41) is 9.09. The molecule has 0 aromatic rings. The van der Waals surface area contributed by atoms with Crippen LogP contribution in [0.1, 0.15) is 12.8 Å². The number of rotatable bonds is 1. The summed E-state index contributed by atoms with van der Waals surface area (Å²) in [5.41, 5.74) is 0. The fourth-order valence-corrected chi connectivity index (χ4v) is 1.80. The van der Waals surface area contributed by atoms with Crippen LogP contribution in [0.2, 0.25) is 0 Å². The average Bonchev–Trinajstić information content (AvgIpc) is 2.01. The van der Waals surface area contributed by atoms with Crippen molar-refractivity contribution in [3.63, 3.8) is 0 Å². The minimum atomic E-state index is -0.0251. The third kappa shape index (κ3) is 1.55. The van der Waals surface area contributed by atoms with Gasteiger partial charge in [-0.3, -0.25) is 4.90 Å². The maximum atomic E-state index is 9.09. The number of hydrogen-bond donors (Lipinski definition) is 1. The predicted molar refractivity (Wildman–Crippen MR) is 41.4 cm³/mol. The third-order valence-electron chi connectivity index (χ3n) is 2.65. The molecule has 0 spiro atoms. The maximum absolute atomic E-state index is 9.09. The molecule has 1 saturated heterocycles. The summed E-state index contributed by atoms with van der Waals surface area (Å²) in [5.74, 6) is 0. The van der Waals surface area contributed by atoms with E-state index in [0.717, 1.165) is 39.1 Å². The van der Waals surface area contributed by atoms with Gasteiger partial charge in [0, 0.05) is 19.1 Å². The molecule has 2 fully saturated rings. The summed E-state index contributed by atoms with van der Waals surface area (Å²) in [4.78, 5) is 2.43. The van der Waals surface area contributed by atoms with Gasteiger partial charge in [-0.2, -0.15) is 0 Å². The number of hydrogen-bond acceptors (Lipinski definition) is 3. The summed E-state index contributed by atoms with van der Waals surface area (Å²) < 4.78 is 5.24. The summed E-state index contributed by atoms with van der Waals surface area (Å²) in [6.45, 7) is 3.84. The van der Waals surface area contributed by atoms with Crippen molar-refractivity contribution in [2.75, 3.05) is 26.3 Å². The van der Waals surface area contributed by atoms with E-state index in [0.29, 0.717) is 6.04 Å². The maximum Gasteiger partial charge on any atom is 0.0594 e. The summed E-state index contributed by atoms with van der Waals surface area (Å²) in [6, 6.07) is 0.647. The normalized spacial score (nSPS) is 40.1. The first-order chi connectivity index (χ1) is 5.36. The molecule has 0 atom stereocenters. The van der Waals surface area contributed by atoms with Crippen LogP contribution in [0, 0.1) is 0 Å². The largest absolute Gasteiger partial charge is 0.393 e. The number of nitrogens with zero attached hydrogens (tertiary/aromatic N) is 1. The molecular weight excluding hydrogens is 142 g/mol. The van der Waals surface area contributed by atoms with E-state index < -0.39 is 0 Å². The Hall–Kier alpha value is -0.120. The predicted octanol–water partition coefficient (Wildman–Crippen LogP) is -0.158. The van der Waals surface area contributed by atoms with Crippen molar-refractivity contribution in [1.29, 1.82) is 0 Å². The topological polar surface area (TPSA) is 32.7 Å². The molecule has 11 heavy (non-hydrogen) atoms. The molecule has 1 aliphatic heterocycles. The highest BCUT2D eigenvalue weighted by molar-refractivity contribution is 4.87. The van der Waals surface area contributed by atoms with E-state index in [-0.39, 0.29) is 6.10 Å². The first-order valence-corrected chi connectivity index (χ1v) is 4.36. The second-order valence-corrected chi connectivity index (χ2v) is 3.43. The van der Waals surface area contributed by atoms with E-state index in [1.807, 2.05) is 0 Å². The van der Waals surface area contributed by atoms with Crippen LogP contribution in [0.25, 0.3) is 0 Å². The second kappa shape index (κ2) is 3.09. The zero-order chi connectivity index (χ0) is 7.68. The van der Waals surface area contributed by atoms with Crippen LogP contribution in [0.4, 0.5) is 0 Å². The second-order valence-electron chi connectivity index (χ2n) is 3.43. The Morgan fingerprint density at radius 3 is 2.36 bits per heavy atom. The van der Waals surface area contributed by atoms with Gasteiger partial charge in [0.25, 0.3) is 0 Å². The lowest BCUT2D eigenvalue weighted by atomic mass is 9.88. The van der Waals surface area contributed by atoms with E-state index in [1.54, 1.807) is 0 Å². The van der Waals surface area contributed by atoms with Crippen molar-refractivity contribution in [2.45, 2.75) is 25.0 Å². The lowest BCUT2D eigenvalue weighted by Gasteiger charge is -2.42. The molecule has 1 heterocycles. The number of ether oxygens (including phenoxy) is 1. The van der Waals surface area contributed by atoms with Crippen molar-refractivity contribution in [2.24, 2.45) is 0 Å². The van der Waals surface area contributed by atoms with E-state index in [9.17, 15) is 0 Å². The minimum Gasteiger partial charge on any atom is -0.393 e. The average molecular weight is 157 g/mol. The monoisotopic (exact) mass is 157 g/mol. The fourth-order valence-electron chi connectivity index (χ4n) is 1.80. The molecule has 0 amide bonds. The van der Waals surface area contributed by atoms with E-state index in [2.05, 4.69) is 4.90 Å². The van der Waals surface area contributed by atoms with Crippen LogP contribution in [0.5, 0.6) is 0 Å². The zero-order valence-corrected chi connectivity index (χ0v) is 6.70. The molecule has 0 bridgehead atoms. The standard InChI is InChI=1S/C8H15NO2/c10-8-5-7(6-8)9-1-3-11-4-2-9/h7-8,10H,1-6H2. The Balaban J connectivity index is 1.76. The Bertz CT molecular complexity index is 128. The van der Waals surface area contributed by atoms with Crippen molar-refractivity contribution < 1.29 is 9.84 Å². The summed E-state index contributed by atoms with van der Waals surface area (Å²) >= 11 is 0. The Morgan fingerprint density at radius 1 is 1.18 bits per heavy atom. The molecule has 3 nitrogen and oxygen atoms in total. The van der Waals surface area contributed by atoms with Crippen LogP contribution >= 0.6 is 0 Å². The van der Waals surface area contributed by atoms with Crippen molar-refractivity contribution in [1.82, 2.24) is 4.90 Å². The van der Waals surface area contributed by atoms with Gasteiger partial charge in [-0.15, -0.1) is 0 Å². The van der Waals surface area contributed by atoms with Gasteiger partial charge in [-0.1, -0.05) is 0 Å². The highest BCUT2D eigenvalue weighted by atomic mass is 16.5. The Morgan fingerprint density at radius 2 is 1.82 bits per heavy atom. The first-order valence-electron chi connectivity index (χ1n) is 4.36. The fraction of sp³-hybridized carbons (Fsp3) is 1.00. The molecule has 0 radical (unpaired) electrons. The third-order valence-corrected chi connectivity index (χ3v) is 2.65. The number of aliphatic hydroxyl groups is 1. The van der Waals surface area contributed by atoms with Crippen LogP contribution in [0.15, 0.2) is 0 Å². The molecule has 1 N–H and O–H groups in total. The molecule has 0 aromatic carbocycles. The van der Waals surface area contributed by atoms with Crippen LogP contribution in [0.3, 0.4) is 0 Å². The summed E-state index contributed by atoms with van der Waals surface area (Å²) in [7, 11) is 0. The molecule has 2 rings (SSSR count). The van der Waals surface area contributed by atoms with Gasteiger partial charge in [-0.25, -0.2) is 0 Å². The molecule has 1 aliphatic carbocycles. The highest BCUT2D eigenvalue weighted by Gasteiger charge is 2.32. The lowest BCUT2D eigenvalue weighted by Crippen LogP contribution is -2.51. The summed E-state index contributed by atoms with van der Waals surface area (Å²) in [6.07, 6.45) is 1.92. The van der Waals surface area contributed by atoms with Crippen molar-refractivity contribution >= 4 is 0 Å². The van der Waals surface area contributed by atoms with Crippen LogP contribution in [-0.2, 0) is 4.74 Å². The van der Waals surface area contributed by atoms with Crippen LogP contribution in [-0.4, -0.2) is 48.5 Å². The Labute approximate surface area is 66.9 Å². The van der Waals surface area contributed by atoms with E-state index in [4.69, 9.17) is 9.84 Å². The van der Waals surface area contributed by atoms with Gasteiger partial charge in [0.15, 0.2) is 0 Å². The molecule has 3 heteroatoms. The SMILES string of the molecule is OC1CC(N2CCOCC2)C1. The van der Waals surface area contributed by atoms with E-state index in [1.165, 1.54) is 0 Å². The smallest absolute Gasteiger partial charge is 0.0594 e. The molecule has 0 unspecified atom stereocenters. The van der Waals surface area contributed by atoms with Gasteiger partial charge in [0.05, 0.1) is 19.3 Å². The molecule has 64 valence electrons. The highest BCUT2D eigenvalue weighted by Crippen LogP contribution is 2.25. The first kappa shape index (κ1) is 7.53. The van der Waals surface area contributed by atoms with E-state index >= 15 is 0 Å². The van der Waals surface area contributed by atoms with Crippen LogP contribution < -0.4 is 0 Å². The number of morpholine rings is 1. The molecule has 2 aliphatic rings. The van der Waals surface area contributed by atoms with Gasteiger partial charge in [-0.05, 0) is 12.8 Å². The Kier molecular flexibility index (Phi) is 2.11. The zero-order valence-electron chi connectivity index (χ0n) is 6.70. The molecule has 0 aromatic heterocycles. The molecular formula is C8H15NO2. The van der Waals surface area contributed by atoms with Gasteiger partial charge < -0.3 is 9.84 Å². The van der Waals surface area contributed by atoms with Crippen molar-refractivity contribution in [3.8, 4) is 0 Å².